The van der Waals surface area contributed by atoms with E-state index in [0.29, 0.717) is 25.7 Å². The summed E-state index contributed by atoms with van der Waals surface area (Å²) in [6.07, 6.45) is 9.80. The minimum atomic E-state index is -1.26. The van der Waals surface area contributed by atoms with Gasteiger partial charge in [0.2, 0.25) is 35.4 Å². The molecule has 1 aliphatic heterocycles. The Kier molecular flexibility index (Phi) is 21.5. The summed E-state index contributed by atoms with van der Waals surface area (Å²) < 4.78 is 6.38. The van der Waals surface area contributed by atoms with Crippen molar-refractivity contribution >= 4 is 35.4 Å². The molecule has 1 saturated heterocycles. The highest BCUT2D eigenvalue weighted by Gasteiger charge is 2.39. The van der Waals surface area contributed by atoms with Crippen molar-refractivity contribution in [2.75, 3.05) is 33.3 Å². The maximum atomic E-state index is 14.3. The molecule has 0 aromatic heterocycles. The van der Waals surface area contributed by atoms with Crippen molar-refractivity contribution in [3.05, 3.63) is 12.2 Å². The molecule has 0 aromatic rings. The lowest BCUT2D eigenvalue weighted by Crippen LogP contribution is -2.62. The van der Waals surface area contributed by atoms with Crippen LogP contribution in [0.2, 0.25) is 0 Å². The molecule has 0 radical (unpaired) electrons. The molecule has 2 rings (SSSR count). The van der Waals surface area contributed by atoms with Crippen molar-refractivity contribution in [3.63, 3.8) is 0 Å². The van der Waals surface area contributed by atoms with Crippen molar-refractivity contribution in [2.45, 2.75) is 154 Å². The number of carbonyl (C=O) groups excluding carboxylic acids is 6. The van der Waals surface area contributed by atoms with Crippen molar-refractivity contribution in [3.8, 4) is 0 Å². The topological polar surface area (TPSA) is 227 Å². The first kappa shape index (κ1) is 47.6. The van der Waals surface area contributed by atoms with E-state index in [2.05, 4.69) is 40.1 Å². The molecular formula is C40H72N8O7. The molecule has 55 heavy (non-hydrogen) atoms. The van der Waals surface area contributed by atoms with Gasteiger partial charge in [-0.15, -0.1) is 0 Å². The fourth-order valence-electron chi connectivity index (χ4n) is 7.30. The lowest BCUT2D eigenvalue weighted by atomic mass is 9.90. The van der Waals surface area contributed by atoms with Crippen molar-refractivity contribution in [1.29, 1.82) is 0 Å². The number of hydrogen-bond donors (Lipinski definition) is 7. The van der Waals surface area contributed by atoms with Crippen LogP contribution >= 0.6 is 0 Å². The van der Waals surface area contributed by atoms with E-state index in [4.69, 9.17) is 16.2 Å². The van der Waals surface area contributed by atoms with Gasteiger partial charge >= 0.3 is 0 Å². The molecule has 2 fully saturated rings. The van der Waals surface area contributed by atoms with Crippen molar-refractivity contribution in [2.24, 2.45) is 29.2 Å². The fraction of sp³-hybridized carbons (Fsp3) is 0.800. The van der Waals surface area contributed by atoms with E-state index in [1.54, 1.807) is 20.9 Å². The molecule has 6 amide bonds. The van der Waals surface area contributed by atoms with E-state index in [9.17, 15) is 28.8 Å². The molecule has 15 nitrogen and oxygen atoms in total. The summed E-state index contributed by atoms with van der Waals surface area (Å²) in [5.41, 5.74) is 11.8. The van der Waals surface area contributed by atoms with Crippen LogP contribution in [0.4, 0.5) is 0 Å². The molecule has 9 N–H and O–H groups in total. The van der Waals surface area contributed by atoms with E-state index < -0.39 is 71.8 Å². The lowest BCUT2D eigenvalue weighted by molar-refractivity contribution is -0.147. The third-order valence-electron chi connectivity index (χ3n) is 10.7. The summed E-state index contributed by atoms with van der Waals surface area (Å²) in [6, 6.07) is -4.93. The van der Waals surface area contributed by atoms with Crippen molar-refractivity contribution < 1.29 is 33.5 Å². The summed E-state index contributed by atoms with van der Waals surface area (Å²) >= 11 is 0. The normalized spacial score (nSPS) is 27.5. The van der Waals surface area contributed by atoms with Crippen LogP contribution in [0.5, 0.6) is 0 Å². The number of unbranched alkanes of at least 4 members (excludes halogenated alkanes) is 3. The number of nitrogens with one attached hydrogen (secondary N) is 5. The van der Waals surface area contributed by atoms with Crippen LogP contribution in [0.15, 0.2) is 12.2 Å². The zero-order valence-corrected chi connectivity index (χ0v) is 34.4. The van der Waals surface area contributed by atoms with Gasteiger partial charge in [0.05, 0.1) is 18.6 Å². The Morgan fingerprint density at radius 2 is 1.53 bits per heavy atom. The Bertz CT molecular complexity index is 1270. The predicted octanol–water partition coefficient (Wildman–Crippen LogP) is 1.77. The van der Waals surface area contributed by atoms with Gasteiger partial charge in [-0.1, -0.05) is 85.6 Å². The van der Waals surface area contributed by atoms with Gasteiger partial charge in [-0.25, -0.2) is 0 Å². The molecule has 1 heterocycles. The number of likely N-dealkylation sites (N-methyl/N-ethyl adjacent to an activating group) is 1. The number of ether oxygens (including phenoxy) is 1. The van der Waals surface area contributed by atoms with Gasteiger partial charge in [0.15, 0.2) is 0 Å². The standard InChI is InChI=1S/C40H72N8O7/c1-8-9-10-15-18-33-28(6)40(54)48(7)32(21-25(2)3)38(52)47-34(29-16-13-11-12-14-17-29)39(53)45-30(22-42)36(50)46-31(37(51)44-27(5)24-55-33)23-43-35(49)26(4)19-20-41/h25,27-34H,4,8-24,41-42H2,1-3,5-7H3,(H,43,49)(H,44,51)(H,45,53)(H,46,50)(H,47,52)/t27-,28-,30+,31+,32+,33-,34+/m1/s1. The van der Waals surface area contributed by atoms with Crippen LogP contribution in [-0.4, -0.2) is 110 Å². The van der Waals surface area contributed by atoms with E-state index in [-0.39, 0.29) is 56.0 Å². The summed E-state index contributed by atoms with van der Waals surface area (Å²) in [4.78, 5) is 84.3. The molecule has 15 heteroatoms. The Morgan fingerprint density at radius 1 is 0.891 bits per heavy atom. The van der Waals surface area contributed by atoms with Crippen LogP contribution < -0.4 is 38.1 Å². The first-order valence-corrected chi connectivity index (χ1v) is 20.6. The summed E-state index contributed by atoms with van der Waals surface area (Å²) in [7, 11) is 1.63. The lowest BCUT2D eigenvalue weighted by Gasteiger charge is -2.35. The first-order chi connectivity index (χ1) is 26.1. The second-order valence-corrected chi connectivity index (χ2v) is 16.0. The van der Waals surface area contributed by atoms with E-state index >= 15 is 0 Å². The Balaban J connectivity index is 2.59. The third kappa shape index (κ3) is 15.8. The average molecular weight is 777 g/mol. The predicted molar refractivity (Wildman–Crippen MR) is 213 cm³/mol. The Hall–Kier alpha value is -3.56. The van der Waals surface area contributed by atoms with E-state index in [1.807, 2.05) is 13.8 Å². The Labute approximate surface area is 329 Å². The van der Waals surface area contributed by atoms with Crippen LogP contribution in [0.1, 0.15) is 118 Å². The van der Waals surface area contributed by atoms with Crippen LogP contribution in [0, 0.1) is 17.8 Å². The van der Waals surface area contributed by atoms with Crippen LogP contribution in [0.25, 0.3) is 0 Å². The number of nitrogens with two attached hydrogens (primary N) is 2. The van der Waals surface area contributed by atoms with E-state index in [0.717, 1.165) is 51.4 Å². The zero-order valence-electron chi connectivity index (χ0n) is 34.4. The minimum absolute atomic E-state index is 0.0559. The maximum absolute atomic E-state index is 14.3. The molecule has 1 aliphatic carbocycles. The number of amides is 6. The quantitative estimate of drug-likeness (QED) is 0.0774. The number of nitrogens with zero attached hydrogens (tertiary/aromatic N) is 1. The highest BCUT2D eigenvalue weighted by Crippen LogP contribution is 2.27. The molecule has 7 atom stereocenters. The molecule has 0 aromatic carbocycles. The monoisotopic (exact) mass is 777 g/mol. The third-order valence-corrected chi connectivity index (χ3v) is 10.7. The van der Waals surface area contributed by atoms with Gasteiger partial charge in [0.25, 0.3) is 0 Å². The smallest absolute Gasteiger partial charge is 0.246 e. The SMILES string of the molecule is C=C(CCN)C(=O)NC[C@@H]1NC(=O)[C@H](CN)NC(=O)[C@H](C2CCCCCC2)NC(=O)[C@H](CC(C)C)N(C)C(=O)[C@H](C)[C@@H](CCCCCC)OC[C@@H](C)NC1=O. The van der Waals surface area contributed by atoms with E-state index in [1.165, 1.54) is 4.90 Å². The highest BCUT2D eigenvalue weighted by molar-refractivity contribution is 5.97. The van der Waals surface area contributed by atoms with Gasteiger partial charge in [0, 0.05) is 31.8 Å². The second kappa shape index (κ2) is 24.8. The van der Waals surface area contributed by atoms with Gasteiger partial charge in [-0.3, -0.25) is 28.8 Å². The van der Waals surface area contributed by atoms with Crippen LogP contribution in [0.3, 0.4) is 0 Å². The summed E-state index contributed by atoms with van der Waals surface area (Å²) in [5, 5.41) is 13.9. The molecular weight excluding hydrogens is 704 g/mol. The molecule has 0 bridgehead atoms. The molecule has 2 aliphatic rings. The molecule has 0 spiro atoms. The summed E-state index contributed by atoms with van der Waals surface area (Å²) in [5.74, 6) is -3.89. The summed E-state index contributed by atoms with van der Waals surface area (Å²) in [6.45, 7) is 13.1. The fourth-order valence-corrected chi connectivity index (χ4v) is 7.30. The molecule has 314 valence electrons. The van der Waals surface area contributed by atoms with Gasteiger partial charge in [0.1, 0.15) is 24.2 Å². The van der Waals surface area contributed by atoms with Crippen LogP contribution in [-0.2, 0) is 33.5 Å². The number of hydrogen-bond acceptors (Lipinski definition) is 9. The van der Waals surface area contributed by atoms with Crippen molar-refractivity contribution in [1.82, 2.24) is 31.5 Å². The number of rotatable bonds is 14. The average Bonchev–Trinajstić information content (AvgIpc) is 3.44. The number of carbonyl (C=O) groups is 6. The maximum Gasteiger partial charge on any atom is 0.246 e. The largest absolute Gasteiger partial charge is 0.375 e. The van der Waals surface area contributed by atoms with Gasteiger partial charge in [-0.05, 0) is 57.4 Å². The highest BCUT2D eigenvalue weighted by atomic mass is 16.5. The molecule has 0 unspecified atom stereocenters. The zero-order chi connectivity index (χ0) is 41.1. The Morgan fingerprint density at radius 3 is 2.13 bits per heavy atom. The molecule has 1 saturated carbocycles. The first-order valence-electron chi connectivity index (χ1n) is 20.6. The minimum Gasteiger partial charge on any atom is -0.375 e. The second-order valence-electron chi connectivity index (χ2n) is 16.0. The van der Waals surface area contributed by atoms with Gasteiger partial charge in [-0.2, -0.15) is 0 Å². The van der Waals surface area contributed by atoms with Gasteiger partial charge < -0.3 is 47.7 Å².